The van der Waals surface area contributed by atoms with E-state index in [1.54, 1.807) is 24.3 Å². The number of carbonyl (C=O) groups is 1. The van der Waals surface area contributed by atoms with Gasteiger partial charge in [0.2, 0.25) is 0 Å². The maximum absolute atomic E-state index is 13.6. The summed E-state index contributed by atoms with van der Waals surface area (Å²) in [5, 5.41) is 6.25. The molecule has 1 amide bonds. The summed E-state index contributed by atoms with van der Waals surface area (Å²) in [4.78, 5) is 12.2. The quantitative estimate of drug-likeness (QED) is 0.871. The molecule has 0 radical (unpaired) electrons. The molecule has 4 nitrogen and oxygen atoms in total. The minimum Gasteiger partial charge on any atom is -0.454 e. The third kappa shape index (κ3) is 4.76. The molecule has 0 spiro atoms. The highest BCUT2D eigenvalue weighted by molar-refractivity contribution is 5.94. The lowest BCUT2D eigenvalue weighted by Gasteiger charge is -2.22. The maximum Gasteiger partial charge on any atom is 0.251 e. The molecule has 1 fully saturated rings. The van der Waals surface area contributed by atoms with E-state index < -0.39 is 11.6 Å². The Labute approximate surface area is 145 Å². The largest absolute Gasteiger partial charge is 0.454 e. The molecule has 1 saturated heterocycles. The Hall–Kier alpha value is -2.47. The zero-order valence-corrected chi connectivity index (χ0v) is 13.7. The van der Waals surface area contributed by atoms with Gasteiger partial charge in [-0.2, -0.15) is 0 Å². The van der Waals surface area contributed by atoms with Crippen LogP contribution in [0.5, 0.6) is 11.5 Å². The molecule has 2 aromatic carbocycles. The summed E-state index contributed by atoms with van der Waals surface area (Å²) in [5.74, 6) is -0.818. The summed E-state index contributed by atoms with van der Waals surface area (Å²) < 4.78 is 31.9. The molecule has 2 aromatic rings. The first-order valence-electron chi connectivity index (χ1n) is 8.34. The van der Waals surface area contributed by atoms with Gasteiger partial charge in [0.25, 0.3) is 5.91 Å². The highest BCUT2D eigenvalue weighted by Gasteiger charge is 2.14. The predicted molar refractivity (Wildman–Crippen MR) is 90.8 cm³/mol. The lowest BCUT2D eigenvalue weighted by Crippen LogP contribution is -2.38. The van der Waals surface area contributed by atoms with E-state index in [1.165, 1.54) is 6.07 Å². The average molecular weight is 346 g/mol. The number of rotatable bonds is 5. The number of hydrogen-bond acceptors (Lipinski definition) is 3. The Bertz CT molecular complexity index is 729. The minimum atomic E-state index is -0.775. The van der Waals surface area contributed by atoms with Crippen LogP contribution in [0.3, 0.4) is 0 Å². The van der Waals surface area contributed by atoms with Crippen LogP contribution in [0.2, 0.25) is 0 Å². The fourth-order valence-electron chi connectivity index (χ4n) is 2.80. The van der Waals surface area contributed by atoms with Crippen LogP contribution in [0.1, 0.15) is 23.2 Å². The third-order valence-electron chi connectivity index (χ3n) is 4.19. The smallest absolute Gasteiger partial charge is 0.251 e. The van der Waals surface area contributed by atoms with Crippen LogP contribution < -0.4 is 15.4 Å². The number of amides is 1. The Morgan fingerprint density at radius 2 is 2.00 bits per heavy atom. The predicted octanol–water partition coefficient (Wildman–Crippen LogP) is 3.49. The topological polar surface area (TPSA) is 50.4 Å². The van der Waals surface area contributed by atoms with Gasteiger partial charge in [-0.1, -0.05) is 0 Å². The molecule has 2 N–H and O–H groups in total. The highest BCUT2D eigenvalue weighted by atomic mass is 19.1. The number of piperidine rings is 1. The van der Waals surface area contributed by atoms with Crippen LogP contribution in [0.4, 0.5) is 8.78 Å². The first kappa shape index (κ1) is 17.4. The molecule has 0 aromatic heterocycles. The number of hydrogen-bond donors (Lipinski definition) is 2. The molecule has 0 aliphatic carbocycles. The third-order valence-corrected chi connectivity index (χ3v) is 4.19. The Kier molecular flexibility index (Phi) is 5.60. The van der Waals surface area contributed by atoms with Gasteiger partial charge in [0, 0.05) is 18.2 Å². The lowest BCUT2D eigenvalue weighted by atomic mass is 10.00. The van der Waals surface area contributed by atoms with Gasteiger partial charge in [0.1, 0.15) is 11.6 Å². The molecule has 0 saturated carbocycles. The molecule has 1 aliphatic heterocycles. The number of halogens is 2. The van der Waals surface area contributed by atoms with E-state index in [4.69, 9.17) is 4.74 Å². The van der Waals surface area contributed by atoms with E-state index in [0.29, 0.717) is 23.8 Å². The molecular formula is C19H20F2N2O2. The molecule has 1 aliphatic rings. The van der Waals surface area contributed by atoms with Crippen LogP contribution in [0.15, 0.2) is 42.5 Å². The Balaban J connectivity index is 1.56. The minimum absolute atomic E-state index is 0.0663. The highest BCUT2D eigenvalue weighted by Crippen LogP contribution is 2.25. The van der Waals surface area contributed by atoms with Gasteiger partial charge in [0.15, 0.2) is 11.6 Å². The van der Waals surface area contributed by atoms with Crippen molar-refractivity contribution >= 4 is 5.91 Å². The summed E-state index contributed by atoms with van der Waals surface area (Å²) in [5.41, 5.74) is 0.510. The summed E-state index contributed by atoms with van der Waals surface area (Å²) in [6.45, 7) is 2.61. The van der Waals surface area contributed by atoms with Crippen molar-refractivity contribution in [3.63, 3.8) is 0 Å². The van der Waals surface area contributed by atoms with Crippen LogP contribution in [0.25, 0.3) is 0 Å². The van der Waals surface area contributed by atoms with E-state index >= 15 is 0 Å². The van der Waals surface area contributed by atoms with E-state index in [1.807, 2.05) is 0 Å². The molecule has 25 heavy (non-hydrogen) atoms. The summed E-state index contributed by atoms with van der Waals surface area (Å²) >= 11 is 0. The van der Waals surface area contributed by atoms with Crippen molar-refractivity contribution in [1.82, 2.24) is 10.6 Å². The molecule has 1 unspecified atom stereocenters. The Morgan fingerprint density at radius 1 is 1.20 bits per heavy atom. The van der Waals surface area contributed by atoms with Crippen molar-refractivity contribution in [3.8, 4) is 11.5 Å². The van der Waals surface area contributed by atoms with Crippen molar-refractivity contribution in [1.29, 1.82) is 0 Å². The number of nitrogens with one attached hydrogen (secondary N) is 2. The molecule has 1 heterocycles. The zero-order chi connectivity index (χ0) is 17.6. The van der Waals surface area contributed by atoms with Crippen LogP contribution in [0, 0.1) is 17.6 Å². The van der Waals surface area contributed by atoms with Crippen molar-refractivity contribution in [3.05, 3.63) is 59.7 Å². The normalized spacial score (nSPS) is 17.1. The molecule has 0 bridgehead atoms. The van der Waals surface area contributed by atoms with Crippen molar-refractivity contribution in [2.24, 2.45) is 5.92 Å². The first-order valence-corrected chi connectivity index (χ1v) is 8.34. The van der Waals surface area contributed by atoms with Gasteiger partial charge in [-0.25, -0.2) is 8.78 Å². The van der Waals surface area contributed by atoms with Crippen LogP contribution in [-0.4, -0.2) is 25.5 Å². The first-order chi connectivity index (χ1) is 12.1. The zero-order valence-electron chi connectivity index (χ0n) is 13.7. The molecule has 3 rings (SSSR count). The molecule has 1 atom stereocenters. The van der Waals surface area contributed by atoms with Gasteiger partial charge >= 0.3 is 0 Å². The number of benzene rings is 2. The van der Waals surface area contributed by atoms with E-state index in [2.05, 4.69) is 10.6 Å². The second-order valence-corrected chi connectivity index (χ2v) is 6.12. The van der Waals surface area contributed by atoms with Gasteiger partial charge in [0.05, 0.1) is 0 Å². The second-order valence-electron chi connectivity index (χ2n) is 6.12. The monoisotopic (exact) mass is 346 g/mol. The molecule has 132 valence electrons. The average Bonchev–Trinajstić information content (AvgIpc) is 2.63. The standard InChI is InChI=1S/C19H20F2N2O2/c20-15-5-8-18(17(21)10-15)25-16-6-3-14(4-7-16)19(24)23-12-13-2-1-9-22-11-13/h3-8,10,13,22H,1-2,9,11-12H2,(H,23,24). The van der Waals surface area contributed by atoms with Gasteiger partial charge in [-0.15, -0.1) is 0 Å². The Morgan fingerprint density at radius 3 is 2.68 bits per heavy atom. The van der Waals surface area contributed by atoms with E-state index in [-0.39, 0.29) is 11.7 Å². The summed E-state index contributed by atoms with van der Waals surface area (Å²) in [7, 11) is 0. The SMILES string of the molecule is O=C(NCC1CCCNC1)c1ccc(Oc2ccc(F)cc2F)cc1. The fourth-order valence-corrected chi connectivity index (χ4v) is 2.80. The molecule has 6 heteroatoms. The van der Waals surface area contributed by atoms with Crippen molar-refractivity contribution < 1.29 is 18.3 Å². The second kappa shape index (κ2) is 8.07. The maximum atomic E-state index is 13.6. The van der Waals surface area contributed by atoms with Gasteiger partial charge < -0.3 is 15.4 Å². The van der Waals surface area contributed by atoms with Crippen LogP contribution in [-0.2, 0) is 0 Å². The summed E-state index contributed by atoms with van der Waals surface area (Å²) in [6, 6.07) is 9.51. The summed E-state index contributed by atoms with van der Waals surface area (Å²) in [6.07, 6.45) is 2.25. The molecular weight excluding hydrogens is 326 g/mol. The van der Waals surface area contributed by atoms with Gasteiger partial charge in [-0.3, -0.25) is 4.79 Å². The van der Waals surface area contributed by atoms with Crippen molar-refractivity contribution in [2.75, 3.05) is 19.6 Å². The number of carbonyl (C=O) groups excluding carboxylic acids is 1. The van der Waals surface area contributed by atoms with E-state index in [0.717, 1.165) is 38.1 Å². The van der Waals surface area contributed by atoms with Crippen molar-refractivity contribution in [2.45, 2.75) is 12.8 Å². The lowest BCUT2D eigenvalue weighted by molar-refractivity contribution is 0.0945. The fraction of sp³-hybridized carbons (Fsp3) is 0.316. The number of ether oxygens (including phenoxy) is 1. The van der Waals surface area contributed by atoms with Gasteiger partial charge in [-0.05, 0) is 68.2 Å². The van der Waals surface area contributed by atoms with E-state index in [9.17, 15) is 13.6 Å². The van der Waals surface area contributed by atoms with Crippen LogP contribution >= 0.6 is 0 Å².